The number of aryl methyl sites for hydroxylation is 4. The lowest BCUT2D eigenvalue weighted by molar-refractivity contribution is 0.473. The van der Waals surface area contributed by atoms with Crippen molar-refractivity contribution in [2.45, 2.75) is 58.8 Å². The molecule has 0 amide bonds. The van der Waals surface area contributed by atoms with Gasteiger partial charge in [-0.05, 0) is 125 Å². The monoisotopic (exact) mass is 642 g/mol. The second-order valence-electron chi connectivity index (χ2n) is 13.3. The predicted octanol–water partition coefficient (Wildman–Crippen LogP) is 11.8. The van der Waals surface area contributed by atoms with Gasteiger partial charge in [0.05, 0.1) is 0 Å². The van der Waals surface area contributed by atoms with Gasteiger partial charge < -0.3 is 10.2 Å². The first-order valence-electron chi connectivity index (χ1n) is 17.1. The molecule has 0 saturated heterocycles. The molecule has 8 rings (SSSR count). The van der Waals surface area contributed by atoms with Gasteiger partial charge in [0, 0.05) is 5.92 Å². The van der Waals surface area contributed by atoms with Crippen molar-refractivity contribution in [1.29, 1.82) is 0 Å². The van der Waals surface area contributed by atoms with Crippen molar-refractivity contribution in [1.82, 2.24) is 0 Å². The van der Waals surface area contributed by atoms with Gasteiger partial charge >= 0.3 is 0 Å². The molecule has 0 aliphatic heterocycles. The van der Waals surface area contributed by atoms with E-state index in [-0.39, 0.29) is 7.43 Å². The van der Waals surface area contributed by atoms with E-state index < -0.39 is 0 Å². The first-order chi connectivity index (χ1) is 23.4. The maximum Gasteiger partial charge on any atom is 0.115 e. The lowest BCUT2D eigenvalue weighted by atomic mass is 9.69. The molecule has 0 bridgehead atoms. The molecule has 246 valence electrons. The van der Waals surface area contributed by atoms with Gasteiger partial charge in [-0.3, -0.25) is 0 Å². The number of allylic oxidation sites excluding steroid dienone is 1. The second kappa shape index (κ2) is 14.8. The molecule has 2 aliphatic rings. The summed E-state index contributed by atoms with van der Waals surface area (Å²) in [6.07, 6.45) is 4.40. The van der Waals surface area contributed by atoms with E-state index >= 15 is 0 Å². The van der Waals surface area contributed by atoms with Crippen molar-refractivity contribution in [2.75, 3.05) is 0 Å². The Labute approximate surface area is 292 Å². The van der Waals surface area contributed by atoms with E-state index in [0.717, 1.165) is 31.2 Å². The van der Waals surface area contributed by atoms with Crippen LogP contribution in [-0.4, -0.2) is 10.2 Å². The molecule has 2 heteroatoms. The normalized spacial score (nSPS) is 16.4. The molecule has 49 heavy (non-hydrogen) atoms. The summed E-state index contributed by atoms with van der Waals surface area (Å²) < 4.78 is 0. The van der Waals surface area contributed by atoms with Gasteiger partial charge in [-0.1, -0.05) is 140 Å². The average Bonchev–Trinajstić information content (AvgIpc) is 3.12. The molecule has 0 spiro atoms. The van der Waals surface area contributed by atoms with Gasteiger partial charge in [0.25, 0.3) is 0 Å². The largest absolute Gasteiger partial charge is 0.508 e. The van der Waals surface area contributed by atoms with Crippen molar-refractivity contribution >= 4 is 11.1 Å². The maximum atomic E-state index is 9.67. The fourth-order valence-corrected chi connectivity index (χ4v) is 7.71. The van der Waals surface area contributed by atoms with Crippen LogP contribution in [0.25, 0.3) is 11.1 Å². The molecule has 2 atom stereocenters. The van der Waals surface area contributed by atoms with Gasteiger partial charge in [0.2, 0.25) is 0 Å². The first kappa shape index (κ1) is 33.6. The van der Waals surface area contributed by atoms with E-state index in [4.69, 9.17) is 0 Å². The highest BCUT2D eigenvalue weighted by Gasteiger charge is 2.32. The zero-order chi connectivity index (χ0) is 33.0. The summed E-state index contributed by atoms with van der Waals surface area (Å²) in [6.45, 7) is 4.32. The van der Waals surface area contributed by atoms with Crippen LogP contribution in [0.2, 0.25) is 0 Å². The third-order valence-corrected chi connectivity index (χ3v) is 9.99. The van der Waals surface area contributed by atoms with Crippen LogP contribution in [0.3, 0.4) is 0 Å². The molecule has 0 aromatic heterocycles. The Bertz CT molecular complexity index is 2040. The predicted molar refractivity (Wildman–Crippen MR) is 205 cm³/mol. The van der Waals surface area contributed by atoms with E-state index in [1.54, 1.807) is 24.3 Å². The Kier molecular flexibility index (Phi) is 10.2. The standard InChI is InChI=1S/C23H22O.C23H20O.CH4/c2*1-16-7-13-22-19(15-16)10-14-21(17-5-3-2-4-6-17)23(22)18-8-11-20(24)12-9-18;/h2-9,11-13,15,21,23-24H,10,14H2,1H3;2-9,11-13,15,24H,10,14H2,1H3;1H4. The Morgan fingerprint density at radius 3 is 1.78 bits per heavy atom. The fourth-order valence-electron chi connectivity index (χ4n) is 7.71. The summed E-state index contributed by atoms with van der Waals surface area (Å²) in [5.41, 5.74) is 16.1. The molecule has 0 radical (unpaired) electrons. The van der Waals surface area contributed by atoms with E-state index in [0.29, 0.717) is 23.3 Å². The second-order valence-corrected chi connectivity index (χ2v) is 13.3. The van der Waals surface area contributed by atoms with Gasteiger partial charge in [-0.2, -0.15) is 0 Å². The zero-order valence-electron chi connectivity index (χ0n) is 27.7. The Hall–Kier alpha value is -5.34. The Morgan fingerprint density at radius 1 is 0.510 bits per heavy atom. The van der Waals surface area contributed by atoms with Crippen molar-refractivity contribution < 1.29 is 10.2 Å². The third-order valence-electron chi connectivity index (χ3n) is 9.99. The molecular weight excluding hydrogens is 597 g/mol. The molecule has 0 heterocycles. The number of aromatic hydroxyl groups is 2. The molecule has 0 saturated carbocycles. The average molecular weight is 643 g/mol. The molecule has 2 aliphatic carbocycles. The van der Waals surface area contributed by atoms with Crippen molar-refractivity contribution in [3.05, 3.63) is 201 Å². The van der Waals surface area contributed by atoms with E-state index in [9.17, 15) is 10.2 Å². The van der Waals surface area contributed by atoms with Crippen molar-refractivity contribution in [2.24, 2.45) is 0 Å². The van der Waals surface area contributed by atoms with Crippen LogP contribution < -0.4 is 0 Å². The minimum Gasteiger partial charge on any atom is -0.508 e. The molecule has 6 aromatic carbocycles. The van der Waals surface area contributed by atoms with Gasteiger partial charge in [0.1, 0.15) is 11.5 Å². The minimum absolute atomic E-state index is 0. The van der Waals surface area contributed by atoms with Crippen LogP contribution in [0.15, 0.2) is 146 Å². The zero-order valence-corrected chi connectivity index (χ0v) is 27.7. The SMILES string of the molecule is C.Cc1ccc2c(c1)CCC(c1ccccc1)=C2c1ccc(O)cc1.Cc1ccc2c(c1)CCC(c1ccccc1)C2c1ccc(O)cc1. The summed E-state index contributed by atoms with van der Waals surface area (Å²) in [4.78, 5) is 0. The summed E-state index contributed by atoms with van der Waals surface area (Å²) in [7, 11) is 0. The van der Waals surface area contributed by atoms with Crippen LogP contribution in [0.5, 0.6) is 11.5 Å². The fraction of sp³-hybridized carbons (Fsp3) is 0.191. The number of fused-ring (bicyclic) bond motifs is 2. The maximum absolute atomic E-state index is 9.67. The minimum atomic E-state index is 0. The van der Waals surface area contributed by atoms with Crippen LogP contribution in [-0.2, 0) is 12.8 Å². The quantitative estimate of drug-likeness (QED) is 0.201. The highest BCUT2D eigenvalue weighted by molar-refractivity contribution is 6.00. The van der Waals surface area contributed by atoms with Gasteiger partial charge in [-0.25, -0.2) is 0 Å². The number of hydrogen-bond acceptors (Lipinski definition) is 2. The van der Waals surface area contributed by atoms with E-state index in [1.165, 1.54) is 61.2 Å². The van der Waals surface area contributed by atoms with Crippen molar-refractivity contribution in [3.63, 3.8) is 0 Å². The molecule has 6 aromatic rings. The molecule has 2 N–H and O–H groups in total. The lowest BCUT2D eigenvalue weighted by Gasteiger charge is -2.35. The lowest BCUT2D eigenvalue weighted by Crippen LogP contribution is -2.20. The van der Waals surface area contributed by atoms with E-state index in [1.807, 2.05) is 12.1 Å². The number of phenolic OH excluding ortho intramolecular Hbond substituents is 2. The van der Waals surface area contributed by atoms with E-state index in [2.05, 4.69) is 123 Å². The topological polar surface area (TPSA) is 40.5 Å². The third kappa shape index (κ3) is 7.25. The Morgan fingerprint density at radius 2 is 1.10 bits per heavy atom. The van der Waals surface area contributed by atoms with Crippen LogP contribution in [0.1, 0.15) is 87.7 Å². The van der Waals surface area contributed by atoms with Gasteiger partial charge in [0.15, 0.2) is 0 Å². The summed E-state index contributed by atoms with van der Waals surface area (Å²) in [5, 5.41) is 19.3. The molecule has 2 nitrogen and oxygen atoms in total. The highest BCUT2D eigenvalue weighted by Crippen LogP contribution is 2.47. The smallest absolute Gasteiger partial charge is 0.115 e. The van der Waals surface area contributed by atoms with Crippen molar-refractivity contribution in [3.8, 4) is 11.5 Å². The number of rotatable bonds is 4. The van der Waals surface area contributed by atoms with Crippen LogP contribution >= 0.6 is 0 Å². The molecule has 2 unspecified atom stereocenters. The summed E-state index contributed by atoms with van der Waals surface area (Å²) in [5.74, 6) is 1.46. The Balaban J connectivity index is 0.000000167. The summed E-state index contributed by atoms with van der Waals surface area (Å²) in [6, 6.07) is 50.4. The number of hydrogen-bond donors (Lipinski definition) is 2. The number of phenols is 2. The number of benzene rings is 6. The highest BCUT2D eigenvalue weighted by atomic mass is 16.3. The molecular formula is C47H46O2. The van der Waals surface area contributed by atoms with Crippen LogP contribution in [0, 0.1) is 13.8 Å². The summed E-state index contributed by atoms with van der Waals surface area (Å²) >= 11 is 0. The van der Waals surface area contributed by atoms with Gasteiger partial charge in [-0.15, -0.1) is 0 Å². The molecule has 0 fully saturated rings. The van der Waals surface area contributed by atoms with Crippen LogP contribution in [0.4, 0.5) is 0 Å². The first-order valence-corrected chi connectivity index (χ1v) is 17.1.